The van der Waals surface area contributed by atoms with Crippen LogP contribution in [0.15, 0.2) is 12.1 Å². The van der Waals surface area contributed by atoms with Crippen LogP contribution in [0, 0.1) is 5.92 Å². The minimum absolute atomic E-state index is 0.491. The average molecular weight is 309 g/mol. The molecule has 0 spiro atoms. The second-order valence-corrected chi connectivity index (χ2v) is 5.77. The van der Waals surface area contributed by atoms with Gasteiger partial charge in [-0.15, -0.1) is 0 Å². The van der Waals surface area contributed by atoms with E-state index in [-0.39, 0.29) is 0 Å². The largest absolute Gasteiger partial charge is 0.384 e. The molecule has 0 aliphatic heterocycles. The number of benzene rings is 1. The summed E-state index contributed by atoms with van der Waals surface area (Å²) in [5, 5.41) is 5.01. The Morgan fingerprint density at radius 3 is 2.33 bits per heavy atom. The second-order valence-electron chi connectivity index (χ2n) is 4.54. The van der Waals surface area contributed by atoms with Gasteiger partial charge in [-0.3, -0.25) is 0 Å². The Hall–Kier alpha value is -0.110. The van der Waals surface area contributed by atoms with Gasteiger partial charge in [0.15, 0.2) is 0 Å². The maximum Gasteiger partial charge on any atom is 0.0653 e. The quantitative estimate of drug-likeness (QED) is 0.585. The maximum absolute atomic E-state index is 6.13. The fourth-order valence-electron chi connectivity index (χ4n) is 1.86. The highest BCUT2D eigenvalue weighted by Crippen LogP contribution is 2.32. The molecule has 4 heteroatoms. The number of hydrogen-bond donors (Lipinski definition) is 1. The predicted molar refractivity (Wildman–Crippen MR) is 83.3 cm³/mol. The van der Waals surface area contributed by atoms with Crippen LogP contribution in [0.3, 0.4) is 0 Å². The molecular weight excluding hydrogens is 289 g/mol. The molecule has 1 rings (SSSR count). The van der Waals surface area contributed by atoms with Gasteiger partial charge in [0.25, 0.3) is 0 Å². The minimum Gasteiger partial charge on any atom is -0.384 e. The highest BCUT2D eigenvalue weighted by Gasteiger charge is 2.09. The number of halogens is 3. The van der Waals surface area contributed by atoms with Crippen LogP contribution in [-0.4, -0.2) is 6.54 Å². The molecule has 1 aromatic carbocycles. The summed E-state index contributed by atoms with van der Waals surface area (Å²) in [5.41, 5.74) is 0.862. The second kappa shape index (κ2) is 8.14. The molecule has 0 fully saturated rings. The molecular formula is C14H20Cl3N. The monoisotopic (exact) mass is 307 g/mol. The smallest absolute Gasteiger partial charge is 0.0653 e. The normalized spacial score (nSPS) is 12.5. The van der Waals surface area contributed by atoms with Gasteiger partial charge in [-0.05, 0) is 24.5 Å². The molecule has 1 nitrogen and oxygen atoms in total. The van der Waals surface area contributed by atoms with Crippen molar-refractivity contribution in [2.45, 2.75) is 39.5 Å². The first-order valence-electron chi connectivity index (χ1n) is 6.46. The van der Waals surface area contributed by atoms with E-state index < -0.39 is 0 Å². The first-order valence-corrected chi connectivity index (χ1v) is 7.60. The molecule has 0 amide bonds. The molecule has 1 unspecified atom stereocenters. The van der Waals surface area contributed by atoms with E-state index in [1.54, 1.807) is 12.1 Å². The topological polar surface area (TPSA) is 12.0 Å². The molecule has 0 radical (unpaired) electrons. The lowest BCUT2D eigenvalue weighted by molar-refractivity contribution is 0.473. The van der Waals surface area contributed by atoms with Crippen LogP contribution in [0.1, 0.15) is 39.5 Å². The Bertz CT molecular complexity index is 380. The highest BCUT2D eigenvalue weighted by molar-refractivity contribution is 6.44. The predicted octanol–water partition coefficient (Wildman–Crippen LogP) is 6.28. The van der Waals surface area contributed by atoms with E-state index in [2.05, 4.69) is 19.2 Å². The van der Waals surface area contributed by atoms with Crippen molar-refractivity contribution in [3.05, 3.63) is 27.2 Å². The van der Waals surface area contributed by atoms with Crippen molar-refractivity contribution in [2.24, 2.45) is 5.92 Å². The molecule has 0 aromatic heterocycles. The lowest BCUT2D eigenvalue weighted by atomic mass is 9.99. The third-order valence-electron chi connectivity index (χ3n) is 3.13. The van der Waals surface area contributed by atoms with Crippen molar-refractivity contribution in [1.82, 2.24) is 0 Å². The minimum atomic E-state index is 0.491. The first-order chi connectivity index (χ1) is 8.58. The Labute approximate surface area is 125 Å². The molecule has 0 bridgehead atoms. The third-order valence-corrected chi connectivity index (χ3v) is 4.17. The zero-order valence-corrected chi connectivity index (χ0v) is 13.2. The molecule has 1 atom stereocenters. The Balaban J connectivity index is 2.59. The van der Waals surface area contributed by atoms with Gasteiger partial charge in [0.05, 0.1) is 20.8 Å². The Morgan fingerprint density at radius 1 is 1.06 bits per heavy atom. The molecule has 1 aromatic rings. The average Bonchev–Trinajstić information content (AvgIpc) is 2.35. The standard InChI is InChI=1S/C14H20Cl3N/c1-3-5-6-10(4-2)9-18-14-8-12(16)11(15)7-13(14)17/h7-8,10,18H,3-6,9H2,1-2H3. The lowest BCUT2D eigenvalue weighted by Gasteiger charge is -2.17. The van der Waals surface area contributed by atoms with Gasteiger partial charge in [-0.2, -0.15) is 0 Å². The van der Waals surface area contributed by atoms with Gasteiger partial charge in [-0.25, -0.2) is 0 Å². The first kappa shape index (κ1) is 15.9. The summed E-state index contributed by atoms with van der Waals surface area (Å²) >= 11 is 18.0. The molecule has 0 aliphatic rings. The molecule has 0 heterocycles. The van der Waals surface area contributed by atoms with E-state index in [9.17, 15) is 0 Å². The molecule has 1 N–H and O–H groups in total. The number of nitrogens with one attached hydrogen (secondary N) is 1. The fourth-order valence-corrected chi connectivity index (χ4v) is 2.47. The molecule has 0 aliphatic carbocycles. The molecule has 18 heavy (non-hydrogen) atoms. The van der Waals surface area contributed by atoms with Crippen LogP contribution in [0.2, 0.25) is 15.1 Å². The third kappa shape index (κ3) is 4.87. The summed E-state index contributed by atoms with van der Waals surface area (Å²) in [6.45, 7) is 5.36. The Morgan fingerprint density at radius 2 is 1.72 bits per heavy atom. The summed E-state index contributed by atoms with van der Waals surface area (Å²) in [6, 6.07) is 3.47. The number of anilines is 1. The summed E-state index contributed by atoms with van der Waals surface area (Å²) in [7, 11) is 0. The van der Waals surface area contributed by atoms with Crippen LogP contribution in [0.4, 0.5) is 5.69 Å². The van der Waals surface area contributed by atoms with E-state index in [1.165, 1.54) is 25.7 Å². The van der Waals surface area contributed by atoms with Gasteiger partial charge >= 0.3 is 0 Å². The summed E-state index contributed by atoms with van der Waals surface area (Å²) in [4.78, 5) is 0. The summed E-state index contributed by atoms with van der Waals surface area (Å²) < 4.78 is 0. The van der Waals surface area contributed by atoms with Crippen LogP contribution in [0.25, 0.3) is 0 Å². The number of unbranched alkanes of at least 4 members (excludes halogenated alkanes) is 1. The summed E-state index contributed by atoms with van der Waals surface area (Å²) in [6.07, 6.45) is 4.93. The van der Waals surface area contributed by atoms with Gasteiger partial charge < -0.3 is 5.32 Å². The molecule has 0 saturated carbocycles. The number of hydrogen-bond acceptors (Lipinski definition) is 1. The van der Waals surface area contributed by atoms with Crippen molar-refractivity contribution in [1.29, 1.82) is 0 Å². The fraction of sp³-hybridized carbons (Fsp3) is 0.571. The van der Waals surface area contributed by atoms with Crippen molar-refractivity contribution in [3.63, 3.8) is 0 Å². The van der Waals surface area contributed by atoms with E-state index in [4.69, 9.17) is 34.8 Å². The van der Waals surface area contributed by atoms with E-state index >= 15 is 0 Å². The van der Waals surface area contributed by atoms with Gasteiger partial charge in [0, 0.05) is 6.54 Å². The number of rotatable bonds is 7. The molecule has 102 valence electrons. The zero-order chi connectivity index (χ0) is 13.5. The molecule has 0 saturated heterocycles. The van der Waals surface area contributed by atoms with Crippen molar-refractivity contribution >= 4 is 40.5 Å². The van der Waals surface area contributed by atoms with Crippen LogP contribution in [-0.2, 0) is 0 Å². The van der Waals surface area contributed by atoms with E-state index in [0.717, 1.165) is 12.2 Å². The van der Waals surface area contributed by atoms with Crippen LogP contribution in [0.5, 0.6) is 0 Å². The highest BCUT2D eigenvalue weighted by atomic mass is 35.5. The van der Waals surface area contributed by atoms with Crippen molar-refractivity contribution in [2.75, 3.05) is 11.9 Å². The van der Waals surface area contributed by atoms with Crippen LogP contribution < -0.4 is 5.32 Å². The SMILES string of the molecule is CCCCC(CC)CNc1cc(Cl)c(Cl)cc1Cl. The van der Waals surface area contributed by atoms with E-state index in [0.29, 0.717) is 21.0 Å². The van der Waals surface area contributed by atoms with Crippen LogP contribution >= 0.6 is 34.8 Å². The van der Waals surface area contributed by atoms with Gasteiger partial charge in [-0.1, -0.05) is 67.9 Å². The van der Waals surface area contributed by atoms with Gasteiger partial charge in [0.1, 0.15) is 0 Å². The van der Waals surface area contributed by atoms with E-state index in [1.807, 2.05) is 0 Å². The van der Waals surface area contributed by atoms with Gasteiger partial charge in [0.2, 0.25) is 0 Å². The zero-order valence-electron chi connectivity index (χ0n) is 10.9. The van der Waals surface area contributed by atoms with Crippen molar-refractivity contribution in [3.8, 4) is 0 Å². The lowest BCUT2D eigenvalue weighted by Crippen LogP contribution is -2.13. The Kier molecular flexibility index (Phi) is 7.21. The maximum atomic E-state index is 6.13. The summed E-state index contributed by atoms with van der Waals surface area (Å²) in [5.74, 6) is 0.676. The van der Waals surface area contributed by atoms with Crippen molar-refractivity contribution < 1.29 is 0 Å².